The maximum Gasteiger partial charge on any atom is 0.171 e. The predicted molar refractivity (Wildman–Crippen MR) is 104 cm³/mol. The highest BCUT2D eigenvalue weighted by Gasteiger charge is 2.14. The van der Waals surface area contributed by atoms with E-state index in [1.54, 1.807) is 0 Å². The quantitative estimate of drug-likeness (QED) is 0.742. The van der Waals surface area contributed by atoms with Crippen molar-refractivity contribution in [2.24, 2.45) is 5.92 Å². The Hall–Kier alpha value is -2.38. The standard InChI is InChI=1S/C20H23N3S/c1-15(2)14-19(17-6-4-3-5-7-17)23-20(24)22-18-10-8-16(9-11-18)12-13-21/h3-11,15,19H,12,14H2,1-2H3,(H2,22,23,24). The van der Waals surface area contributed by atoms with Crippen LogP contribution in [0.5, 0.6) is 0 Å². The molecule has 0 aliphatic heterocycles. The molecule has 2 aromatic rings. The van der Waals surface area contributed by atoms with Crippen LogP contribution < -0.4 is 10.6 Å². The van der Waals surface area contributed by atoms with E-state index in [1.807, 2.05) is 30.3 Å². The summed E-state index contributed by atoms with van der Waals surface area (Å²) in [6, 6.07) is 20.5. The minimum absolute atomic E-state index is 0.184. The molecule has 0 aliphatic carbocycles. The zero-order valence-corrected chi connectivity index (χ0v) is 14.9. The number of nitrogens with zero attached hydrogens (tertiary/aromatic N) is 1. The van der Waals surface area contributed by atoms with Gasteiger partial charge in [0.15, 0.2) is 5.11 Å². The third-order valence-corrected chi connectivity index (χ3v) is 3.93. The van der Waals surface area contributed by atoms with Gasteiger partial charge in [-0.3, -0.25) is 0 Å². The monoisotopic (exact) mass is 337 g/mol. The maximum absolute atomic E-state index is 8.72. The minimum Gasteiger partial charge on any atom is -0.356 e. The van der Waals surface area contributed by atoms with Gasteiger partial charge in [0.05, 0.1) is 18.5 Å². The predicted octanol–water partition coefficient (Wildman–Crippen LogP) is 4.83. The summed E-state index contributed by atoms with van der Waals surface area (Å²) in [5.41, 5.74) is 3.16. The summed E-state index contributed by atoms with van der Waals surface area (Å²) in [4.78, 5) is 0. The van der Waals surface area contributed by atoms with Crippen LogP contribution in [0.1, 0.15) is 37.4 Å². The van der Waals surface area contributed by atoms with Crippen molar-refractivity contribution >= 4 is 23.0 Å². The van der Waals surface area contributed by atoms with Crippen LogP contribution in [0.15, 0.2) is 54.6 Å². The van der Waals surface area contributed by atoms with Gasteiger partial charge in [0.1, 0.15) is 0 Å². The van der Waals surface area contributed by atoms with Crippen molar-refractivity contribution in [1.82, 2.24) is 5.32 Å². The lowest BCUT2D eigenvalue weighted by atomic mass is 9.97. The number of thiocarbonyl (C=S) groups is 1. The van der Waals surface area contributed by atoms with Gasteiger partial charge in [-0.1, -0.05) is 56.3 Å². The lowest BCUT2D eigenvalue weighted by Gasteiger charge is -2.23. The molecule has 4 heteroatoms. The Morgan fingerprint density at radius 2 is 1.75 bits per heavy atom. The van der Waals surface area contributed by atoms with Crippen LogP contribution in [0.25, 0.3) is 0 Å². The summed E-state index contributed by atoms with van der Waals surface area (Å²) in [7, 11) is 0. The van der Waals surface area contributed by atoms with Gasteiger partial charge >= 0.3 is 0 Å². The molecular formula is C20H23N3S. The third-order valence-electron chi connectivity index (χ3n) is 3.71. The fourth-order valence-corrected chi connectivity index (χ4v) is 2.82. The summed E-state index contributed by atoms with van der Waals surface area (Å²) >= 11 is 5.47. The van der Waals surface area contributed by atoms with Crippen molar-refractivity contribution in [3.63, 3.8) is 0 Å². The number of benzene rings is 2. The fraction of sp³-hybridized carbons (Fsp3) is 0.300. The van der Waals surface area contributed by atoms with Crippen molar-refractivity contribution in [3.05, 3.63) is 65.7 Å². The molecule has 0 aromatic heterocycles. The Balaban J connectivity index is 2.01. The van der Waals surface area contributed by atoms with E-state index in [9.17, 15) is 0 Å². The molecule has 2 N–H and O–H groups in total. The molecule has 124 valence electrons. The molecule has 0 saturated carbocycles. The fourth-order valence-electron chi connectivity index (χ4n) is 2.56. The molecule has 0 saturated heterocycles. The summed E-state index contributed by atoms with van der Waals surface area (Å²) < 4.78 is 0. The van der Waals surface area contributed by atoms with Crippen molar-refractivity contribution in [2.75, 3.05) is 5.32 Å². The van der Waals surface area contributed by atoms with E-state index < -0.39 is 0 Å². The second kappa shape index (κ2) is 9.05. The highest BCUT2D eigenvalue weighted by molar-refractivity contribution is 7.80. The second-order valence-electron chi connectivity index (χ2n) is 6.22. The van der Waals surface area contributed by atoms with Crippen LogP contribution in [0.3, 0.4) is 0 Å². The molecule has 0 amide bonds. The normalized spacial score (nSPS) is 11.6. The Morgan fingerprint density at radius 3 is 2.33 bits per heavy atom. The lowest BCUT2D eigenvalue weighted by Crippen LogP contribution is -2.33. The highest BCUT2D eigenvalue weighted by Crippen LogP contribution is 2.21. The topological polar surface area (TPSA) is 47.8 Å². The van der Waals surface area contributed by atoms with Crippen LogP contribution in [0, 0.1) is 17.2 Å². The summed E-state index contributed by atoms with van der Waals surface area (Å²) in [6.07, 6.45) is 1.43. The largest absolute Gasteiger partial charge is 0.356 e. The number of rotatable bonds is 6. The highest BCUT2D eigenvalue weighted by atomic mass is 32.1. The van der Waals surface area contributed by atoms with E-state index in [-0.39, 0.29) is 6.04 Å². The summed E-state index contributed by atoms with van der Waals surface area (Å²) in [5, 5.41) is 16.0. The van der Waals surface area contributed by atoms with Crippen LogP contribution in [-0.2, 0) is 6.42 Å². The molecule has 0 fully saturated rings. The van der Waals surface area contributed by atoms with Crippen molar-refractivity contribution in [1.29, 1.82) is 5.26 Å². The van der Waals surface area contributed by atoms with Crippen LogP contribution in [-0.4, -0.2) is 5.11 Å². The molecule has 0 spiro atoms. The molecule has 1 unspecified atom stereocenters. The molecular weight excluding hydrogens is 314 g/mol. The second-order valence-corrected chi connectivity index (χ2v) is 6.63. The van der Waals surface area contributed by atoms with Crippen molar-refractivity contribution in [3.8, 4) is 6.07 Å². The smallest absolute Gasteiger partial charge is 0.171 e. The number of hydrogen-bond donors (Lipinski definition) is 2. The number of nitrogens with one attached hydrogen (secondary N) is 2. The molecule has 2 aromatic carbocycles. The zero-order valence-electron chi connectivity index (χ0n) is 14.1. The SMILES string of the molecule is CC(C)CC(NC(=S)Nc1ccc(CC#N)cc1)c1ccccc1. The molecule has 0 bridgehead atoms. The Labute approximate surface area is 149 Å². The molecule has 2 rings (SSSR count). The van der Waals surface area contributed by atoms with Gasteiger partial charge in [0, 0.05) is 5.69 Å². The molecule has 1 atom stereocenters. The number of nitriles is 1. The van der Waals surface area contributed by atoms with Crippen LogP contribution in [0.4, 0.5) is 5.69 Å². The van der Waals surface area contributed by atoms with Gasteiger partial charge in [-0.15, -0.1) is 0 Å². The maximum atomic E-state index is 8.72. The van der Waals surface area contributed by atoms with Gasteiger partial charge in [-0.25, -0.2) is 0 Å². The summed E-state index contributed by atoms with van der Waals surface area (Å²) in [5.74, 6) is 0.566. The van der Waals surface area contributed by atoms with Gasteiger partial charge in [0.2, 0.25) is 0 Å². The van der Waals surface area contributed by atoms with Gasteiger partial charge in [-0.05, 0) is 47.8 Å². The van der Waals surface area contributed by atoms with E-state index in [0.29, 0.717) is 17.5 Å². The van der Waals surface area contributed by atoms with Gasteiger partial charge < -0.3 is 10.6 Å². The first-order valence-electron chi connectivity index (χ1n) is 8.17. The third kappa shape index (κ3) is 5.68. The molecule has 3 nitrogen and oxygen atoms in total. The van der Waals surface area contributed by atoms with E-state index in [1.165, 1.54) is 5.56 Å². The minimum atomic E-state index is 0.184. The molecule has 0 heterocycles. The lowest BCUT2D eigenvalue weighted by molar-refractivity contribution is 0.481. The van der Waals surface area contributed by atoms with E-state index in [2.05, 4.69) is 54.8 Å². The number of hydrogen-bond acceptors (Lipinski definition) is 2. The first kappa shape index (κ1) is 18.0. The Morgan fingerprint density at radius 1 is 1.08 bits per heavy atom. The van der Waals surface area contributed by atoms with Crippen LogP contribution >= 0.6 is 12.2 Å². The van der Waals surface area contributed by atoms with E-state index in [0.717, 1.165) is 17.7 Å². The van der Waals surface area contributed by atoms with Crippen molar-refractivity contribution in [2.45, 2.75) is 32.7 Å². The average molecular weight is 337 g/mol. The average Bonchev–Trinajstić information content (AvgIpc) is 2.57. The Bertz CT molecular complexity index is 687. The molecule has 0 radical (unpaired) electrons. The van der Waals surface area contributed by atoms with Crippen LogP contribution in [0.2, 0.25) is 0 Å². The van der Waals surface area contributed by atoms with E-state index in [4.69, 9.17) is 17.5 Å². The van der Waals surface area contributed by atoms with Crippen molar-refractivity contribution < 1.29 is 0 Å². The first-order valence-corrected chi connectivity index (χ1v) is 8.57. The summed E-state index contributed by atoms with van der Waals surface area (Å²) in [6.45, 7) is 4.42. The molecule has 24 heavy (non-hydrogen) atoms. The van der Waals surface area contributed by atoms with E-state index >= 15 is 0 Å². The Kier molecular flexibility index (Phi) is 6.77. The number of anilines is 1. The first-order chi connectivity index (χ1) is 11.6. The van der Waals surface area contributed by atoms with Gasteiger partial charge in [0.25, 0.3) is 0 Å². The zero-order chi connectivity index (χ0) is 17.4. The molecule has 0 aliphatic rings. The van der Waals surface area contributed by atoms with Gasteiger partial charge in [-0.2, -0.15) is 5.26 Å².